The van der Waals surface area contributed by atoms with E-state index in [2.05, 4.69) is 0 Å². The molecule has 0 heterocycles. The van der Waals surface area contributed by atoms with Crippen molar-refractivity contribution in [3.63, 3.8) is 0 Å². The highest BCUT2D eigenvalue weighted by Gasteiger charge is 2.39. The van der Waals surface area contributed by atoms with Crippen molar-refractivity contribution in [1.29, 1.82) is 0 Å². The molecular formula is C13H17ClF3NO2S. The van der Waals surface area contributed by atoms with Crippen LogP contribution in [-0.2, 0) is 16.2 Å². The Morgan fingerprint density at radius 1 is 1.14 bits per heavy atom. The molecule has 1 rings (SSSR count). The largest absolute Gasteiger partial charge is 0.417 e. The van der Waals surface area contributed by atoms with Crippen molar-refractivity contribution in [2.45, 2.75) is 37.8 Å². The van der Waals surface area contributed by atoms with Gasteiger partial charge in [0.2, 0.25) is 10.0 Å². The standard InChI is InChI=1S/C13H17ClF3NO2S/c1-3-7-18(8-4-2)21(19,20)12-6-5-10(14)9-11(12)13(15,16)17/h5-6,9H,3-4,7-8H2,1-2H3. The lowest BCUT2D eigenvalue weighted by Crippen LogP contribution is -2.33. The summed E-state index contributed by atoms with van der Waals surface area (Å²) in [6.07, 6.45) is -3.74. The van der Waals surface area contributed by atoms with Crippen LogP contribution in [0.15, 0.2) is 23.1 Å². The molecule has 0 saturated heterocycles. The van der Waals surface area contributed by atoms with E-state index < -0.39 is 26.7 Å². The number of rotatable bonds is 6. The van der Waals surface area contributed by atoms with Crippen molar-refractivity contribution in [2.75, 3.05) is 13.1 Å². The van der Waals surface area contributed by atoms with Gasteiger partial charge in [-0.15, -0.1) is 0 Å². The highest BCUT2D eigenvalue weighted by molar-refractivity contribution is 7.89. The fraction of sp³-hybridized carbons (Fsp3) is 0.538. The summed E-state index contributed by atoms with van der Waals surface area (Å²) in [6, 6.07) is 2.71. The van der Waals surface area contributed by atoms with Crippen molar-refractivity contribution in [3.8, 4) is 0 Å². The van der Waals surface area contributed by atoms with E-state index in [4.69, 9.17) is 11.6 Å². The summed E-state index contributed by atoms with van der Waals surface area (Å²) in [4.78, 5) is -0.749. The van der Waals surface area contributed by atoms with Crippen LogP contribution in [0.3, 0.4) is 0 Å². The number of sulfonamides is 1. The van der Waals surface area contributed by atoms with Gasteiger partial charge in [0.15, 0.2) is 0 Å². The molecule has 21 heavy (non-hydrogen) atoms. The first kappa shape index (κ1) is 18.3. The van der Waals surface area contributed by atoms with Crippen LogP contribution in [0.25, 0.3) is 0 Å². The molecule has 3 nitrogen and oxygen atoms in total. The zero-order chi connectivity index (χ0) is 16.3. The fourth-order valence-electron chi connectivity index (χ4n) is 1.94. The quantitative estimate of drug-likeness (QED) is 0.777. The summed E-state index contributed by atoms with van der Waals surface area (Å²) in [7, 11) is -4.20. The van der Waals surface area contributed by atoms with Crippen LogP contribution in [0.4, 0.5) is 13.2 Å². The van der Waals surface area contributed by atoms with Gasteiger partial charge < -0.3 is 0 Å². The molecule has 8 heteroatoms. The van der Waals surface area contributed by atoms with Crippen molar-refractivity contribution < 1.29 is 21.6 Å². The molecule has 0 aliphatic heterocycles. The number of halogens is 4. The number of hydrogen-bond acceptors (Lipinski definition) is 2. The molecule has 0 aromatic heterocycles. The lowest BCUT2D eigenvalue weighted by atomic mass is 10.2. The van der Waals surface area contributed by atoms with Gasteiger partial charge in [-0.05, 0) is 31.0 Å². The maximum absolute atomic E-state index is 13.1. The Kier molecular flexibility index (Phi) is 6.07. The molecule has 0 saturated carbocycles. The lowest BCUT2D eigenvalue weighted by molar-refractivity contribution is -0.139. The molecule has 0 N–H and O–H groups in total. The Balaban J connectivity index is 3.43. The third-order valence-corrected chi connectivity index (χ3v) is 5.00. The Morgan fingerprint density at radius 3 is 2.10 bits per heavy atom. The number of benzene rings is 1. The minimum Gasteiger partial charge on any atom is -0.207 e. The molecule has 0 unspecified atom stereocenters. The van der Waals surface area contributed by atoms with Gasteiger partial charge >= 0.3 is 6.18 Å². The molecule has 1 aromatic rings. The maximum atomic E-state index is 13.1. The monoisotopic (exact) mass is 343 g/mol. The molecule has 0 atom stereocenters. The van der Waals surface area contributed by atoms with Gasteiger partial charge in [-0.1, -0.05) is 25.4 Å². The predicted octanol–water partition coefficient (Wildman–Crippen LogP) is 4.17. The summed E-state index contributed by atoms with van der Waals surface area (Å²) in [5.74, 6) is 0. The van der Waals surface area contributed by atoms with Gasteiger partial charge in [-0.25, -0.2) is 8.42 Å². The van der Waals surface area contributed by atoms with Crippen LogP contribution in [0.2, 0.25) is 5.02 Å². The van der Waals surface area contributed by atoms with Crippen molar-refractivity contribution >= 4 is 21.6 Å². The average Bonchev–Trinajstić information content (AvgIpc) is 2.37. The van der Waals surface area contributed by atoms with Crippen molar-refractivity contribution in [2.24, 2.45) is 0 Å². The Morgan fingerprint density at radius 2 is 1.67 bits per heavy atom. The van der Waals surface area contributed by atoms with Gasteiger partial charge in [-0.2, -0.15) is 17.5 Å². The zero-order valence-electron chi connectivity index (χ0n) is 11.7. The van der Waals surface area contributed by atoms with E-state index in [-0.39, 0.29) is 18.1 Å². The summed E-state index contributed by atoms with van der Waals surface area (Å²) in [5, 5.41) is -0.154. The molecule has 0 fully saturated rings. The lowest BCUT2D eigenvalue weighted by Gasteiger charge is -2.23. The SMILES string of the molecule is CCCN(CCC)S(=O)(=O)c1ccc(Cl)cc1C(F)(F)F. The summed E-state index contributed by atoms with van der Waals surface area (Å²) < 4.78 is 65.2. The van der Waals surface area contributed by atoms with Gasteiger partial charge in [0, 0.05) is 18.1 Å². The highest BCUT2D eigenvalue weighted by atomic mass is 35.5. The van der Waals surface area contributed by atoms with E-state index in [1.54, 1.807) is 13.8 Å². The molecule has 120 valence electrons. The van der Waals surface area contributed by atoms with E-state index in [1.807, 2.05) is 0 Å². The normalized spacial score (nSPS) is 12.9. The van der Waals surface area contributed by atoms with Crippen LogP contribution in [0.1, 0.15) is 32.3 Å². The predicted molar refractivity (Wildman–Crippen MR) is 75.8 cm³/mol. The first-order chi connectivity index (χ1) is 9.64. The average molecular weight is 344 g/mol. The Labute approximate surface area is 127 Å². The summed E-state index contributed by atoms with van der Waals surface area (Å²) in [6.45, 7) is 3.89. The second kappa shape index (κ2) is 6.98. The van der Waals surface area contributed by atoms with Crippen LogP contribution < -0.4 is 0 Å². The molecule has 0 amide bonds. The number of hydrogen-bond donors (Lipinski definition) is 0. The first-order valence-electron chi connectivity index (χ1n) is 6.51. The van der Waals surface area contributed by atoms with E-state index in [0.717, 1.165) is 16.4 Å². The van der Waals surface area contributed by atoms with Gasteiger partial charge in [0.1, 0.15) is 0 Å². The van der Waals surface area contributed by atoms with Gasteiger partial charge in [0.25, 0.3) is 0 Å². The number of alkyl halides is 3. The molecule has 0 aliphatic carbocycles. The van der Waals surface area contributed by atoms with Crippen LogP contribution in [0, 0.1) is 0 Å². The zero-order valence-corrected chi connectivity index (χ0v) is 13.3. The third kappa shape index (κ3) is 4.34. The summed E-state index contributed by atoms with van der Waals surface area (Å²) in [5.41, 5.74) is -1.23. The molecule has 0 spiro atoms. The van der Waals surface area contributed by atoms with Crippen molar-refractivity contribution in [1.82, 2.24) is 4.31 Å². The third-order valence-electron chi connectivity index (χ3n) is 2.81. The van der Waals surface area contributed by atoms with Gasteiger partial charge in [-0.3, -0.25) is 0 Å². The van der Waals surface area contributed by atoms with Crippen LogP contribution >= 0.6 is 11.6 Å². The van der Waals surface area contributed by atoms with E-state index >= 15 is 0 Å². The first-order valence-corrected chi connectivity index (χ1v) is 8.33. The molecule has 0 aliphatic rings. The Bertz CT molecular complexity index is 582. The fourth-order valence-corrected chi connectivity index (χ4v) is 3.93. The Hall–Kier alpha value is -0.790. The van der Waals surface area contributed by atoms with E-state index in [0.29, 0.717) is 18.9 Å². The molecule has 0 radical (unpaired) electrons. The molecular weight excluding hydrogens is 327 g/mol. The summed E-state index contributed by atoms with van der Waals surface area (Å²) >= 11 is 5.57. The second-order valence-corrected chi connectivity index (χ2v) is 6.89. The highest BCUT2D eigenvalue weighted by Crippen LogP contribution is 2.36. The minimum absolute atomic E-state index is 0.154. The molecule has 0 bridgehead atoms. The smallest absolute Gasteiger partial charge is 0.207 e. The minimum atomic E-state index is -4.78. The van der Waals surface area contributed by atoms with E-state index in [9.17, 15) is 21.6 Å². The van der Waals surface area contributed by atoms with Crippen molar-refractivity contribution in [3.05, 3.63) is 28.8 Å². The molecule has 1 aromatic carbocycles. The second-order valence-electron chi connectivity index (χ2n) is 4.54. The topological polar surface area (TPSA) is 37.4 Å². The van der Waals surface area contributed by atoms with Crippen LogP contribution in [0.5, 0.6) is 0 Å². The van der Waals surface area contributed by atoms with Gasteiger partial charge in [0.05, 0.1) is 10.5 Å². The maximum Gasteiger partial charge on any atom is 0.417 e. The number of nitrogens with zero attached hydrogens (tertiary/aromatic N) is 1. The van der Waals surface area contributed by atoms with E-state index in [1.165, 1.54) is 0 Å². The van der Waals surface area contributed by atoms with Crippen LogP contribution in [-0.4, -0.2) is 25.8 Å².